The third-order valence-corrected chi connectivity index (χ3v) is 2.33. The van der Waals surface area contributed by atoms with E-state index in [1.807, 2.05) is 6.92 Å². The highest BCUT2D eigenvalue weighted by molar-refractivity contribution is 9.10. The Hall–Kier alpha value is -0.310. The summed E-state index contributed by atoms with van der Waals surface area (Å²) in [5.74, 6) is 0. The van der Waals surface area contributed by atoms with E-state index < -0.39 is 0 Å². The number of aromatic nitrogens is 2. The lowest BCUT2D eigenvalue weighted by Gasteiger charge is -1.86. The molecule has 0 amide bonds. The van der Waals surface area contributed by atoms with Crippen molar-refractivity contribution in [1.29, 1.82) is 0 Å². The van der Waals surface area contributed by atoms with E-state index >= 15 is 0 Å². The van der Waals surface area contributed by atoms with Gasteiger partial charge in [0.25, 0.3) is 0 Å². The van der Waals surface area contributed by atoms with Gasteiger partial charge in [0.1, 0.15) is 0 Å². The molecule has 1 N–H and O–H groups in total. The highest BCUT2D eigenvalue weighted by Crippen LogP contribution is 2.17. The van der Waals surface area contributed by atoms with Crippen LogP contribution in [0.4, 0.5) is 0 Å². The number of nitrogens with zero attached hydrogens (tertiary/aromatic N) is 1. The molecular weight excluding hydrogens is 180 g/mol. The molecule has 0 bridgehead atoms. The van der Waals surface area contributed by atoms with E-state index in [9.17, 15) is 0 Å². The van der Waals surface area contributed by atoms with Crippen LogP contribution in [-0.2, 0) is 6.42 Å². The number of halogens is 1. The molecule has 0 aliphatic heterocycles. The SMILES string of the molecule is CCc1n[nH]c(C)c1Br. The molecule has 0 spiro atoms. The highest BCUT2D eigenvalue weighted by Gasteiger charge is 2.02. The summed E-state index contributed by atoms with van der Waals surface area (Å²) >= 11 is 3.42. The van der Waals surface area contributed by atoms with Crippen molar-refractivity contribution < 1.29 is 0 Å². The highest BCUT2D eigenvalue weighted by atomic mass is 79.9. The summed E-state index contributed by atoms with van der Waals surface area (Å²) in [5, 5.41) is 6.95. The van der Waals surface area contributed by atoms with E-state index in [1.165, 1.54) is 0 Å². The topological polar surface area (TPSA) is 28.7 Å². The molecule has 0 saturated carbocycles. The van der Waals surface area contributed by atoms with E-state index in [0.29, 0.717) is 0 Å². The second kappa shape index (κ2) is 2.52. The predicted octanol–water partition coefficient (Wildman–Crippen LogP) is 2.04. The Morgan fingerprint density at radius 2 is 2.33 bits per heavy atom. The first-order valence-corrected chi connectivity index (χ1v) is 3.74. The first-order valence-electron chi connectivity index (χ1n) is 2.95. The molecule has 0 atom stereocenters. The van der Waals surface area contributed by atoms with Gasteiger partial charge in [-0.1, -0.05) is 6.92 Å². The van der Waals surface area contributed by atoms with Crippen LogP contribution < -0.4 is 0 Å². The minimum Gasteiger partial charge on any atom is -0.281 e. The second-order valence-electron chi connectivity index (χ2n) is 1.96. The molecule has 1 aromatic heterocycles. The van der Waals surface area contributed by atoms with E-state index in [0.717, 1.165) is 22.3 Å². The molecular formula is C6H9BrN2. The quantitative estimate of drug-likeness (QED) is 0.719. The Kier molecular flexibility index (Phi) is 1.90. The molecule has 3 heteroatoms. The Morgan fingerprint density at radius 1 is 1.67 bits per heavy atom. The molecule has 0 aliphatic rings. The molecule has 2 nitrogen and oxygen atoms in total. The first kappa shape index (κ1) is 6.81. The molecule has 0 radical (unpaired) electrons. The van der Waals surface area contributed by atoms with Gasteiger partial charge in [0.05, 0.1) is 10.2 Å². The summed E-state index contributed by atoms with van der Waals surface area (Å²) in [6.45, 7) is 4.08. The number of nitrogens with one attached hydrogen (secondary N) is 1. The summed E-state index contributed by atoms with van der Waals surface area (Å²) in [5.41, 5.74) is 2.21. The molecule has 0 aliphatic carbocycles. The Bertz CT molecular complexity index is 205. The van der Waals surface area contributed by atoms with Crippen LogP contribution in [0.1, 0.15) is 18.3 Å². The standard InChI is InChI=1S/C6H9BrN2/c1-3-5-6(7)4(2)8-9-5/h3H2,1-2H3,(H,8,9). The molecule has 1 heterocycles. The largest absolute Gasteiger partial charge is 0.281 e. The van der Waals surface area contributed by atoms with Crippen LogP contribution in [0.25, 0.3) is 0 Å². The molecule has 1 aromatic rings. The van der Waals surface area contributed by atoms with Gasteiger partial charge in [0.2, 0.25) is 0 Å². The van der Waals surface area contributed by atoms with Gasteiger partial charge in [-0.3, -0.25) is 5.10 Å². The van der Waals surface area contributed by atoms with Crippen molar-refractivity contribution in [2.75, 3.05) is 0 Å². The van der Waals surface area contributed by atoms with Crippen LogP contribution in [0, 0.1) is 6.92 Å². The van der Waals surface area contributed by atoms with Gasteiger partial charge in [-0.15, -0.1) is 0 Å². The molecule has 9 heavy (non-hydrogen) atoms. The molecule has 50 valence electrons. The Balaban J connectivity index is 3.04. The fourth-order valence-electron chi connectivity index (χ4n) is 0.700. The van der Waals surface area contributed by atoms with Gasteiger partial charge in [-0.05, 0) is 29.3 Å². The van der Waals surface area contributed by atoms with Crippen molar-refractivity contribution in [2.45, 2.75) is 20.3 Å². The number of aromatic amines is 1. The summed E-state index contributed by atoms with van der Waals surface area (Å²) in [6.07, 6.45) is 0.977. The lowest BCUT2D eigenvalue weighted by Crippen LogP contribution is -1.78. The summed E-state index contributed by atoms with van der Waals surface area (Å²) in [4.78, 5) is 0. The van der Waals surface area contributed by atoms with E-state index in [-0.39, 0.29) is 0 Å². The monoisotopic (exact) mass is 188 g/mol. The lowest BCUT2D eigenvalue weighted by atomic mass is 10.3. The number of hydrogen-bond donors (Lipinski definition) is 1. The number of hydrogen-bond acceptors (Lipinski definition) is 1. The molecule has 0 fully saturated rings. The average Bonchev–Trinajstić information content (AvgIpc) is 2.15. The average molecular weight is 189 g/mol. The number of H-pyrrole nitrogens is 1. The van der Waals surface area contributed by atoms with Crippen LogP contribution >= 0.6 is 15.9 Å². The predicted molar refractivity (Wildman–Crippen MR) is 40.4 cm³/mol. The van der Waals surface area contributed by atoms with Gasteiger partial charge >= 0.3 is 0 Å². The summed E-state index contributed by atoms with van der Waals surface area (Å²) in [7, 11) is 0. The Labute approximate surface area is 62.8 Å². The molecule has 0 saturated heterocycles. The van der Waals surface area contributed by atoms with Crippen molar-refractivity contribution in [3.8, 4) is 0 Å². The van der Waals surface area contributed by atoms with Crippen molar-refractivity contribution in [1.82, 2.24) is 10.2 Å². The fourth-order valence-corrected chi connectivity index (χ4v) is 1.16. The second-order valence-corrected chi connectivity index (χ2v) is 2.76. The van der Waals surface area contributed by atoms with Crippen molar-refractivity contribution >= 4 is 15.9 Å². The van der Waals surface area contributed by atoms with Crippen LogP contribution in [0.15, 0.2) is 4.47 Å². The third-order valence-electron chi connectivity index (χ3n) is 1.28. The maximum Gasteiger partial charge on any atom is 0.0764 e. The van der Waals surface area contributed by atoms with Crippen molar-refractivity contribution in [3.05, 3.63) is 15.9 Å². The van der Waals surface area contributed by atoms with Crippen LogP contribution in [0.5, 0.6) is 0 Å². The summed E-state index contributed by atoms with van der Waals surface area (Å²) in [6, 6.07) is 0. The van der Waals surface area contributed by atoms with Crippen molar-refractivity contribution in [2.24, 2.45) is 0 Å². The van der Waals surface area contributed by atoms with Gasteiger partial charge < -0.3 is 0 Å². The maximum absolute atomic E-state index is 4.06. The van der Waals surface area contributed by atoms with Gasteiger partial charge in [-0.25, -0.2) is 0 Å². The van der Waals surface area contributed by atoms with Crippen LogP contribution in [0.2, 0.25) is 0 Å². The minimum absolute atomic E-state index is 0.977. The maximum atomic E-state index is 4.06. The lowest BCUT2D eigenvalue weighted by molar-refractivity contribution is 0.961. The molecule has 1 rings (SSSR count). The molecule has 0 unspecified atom stereocenters. The van der Waals surface area contributed by atoms with Crippen LogP contribution in [0.3, 0.4) is 0 Å². The minimum atomic E-state index is 0.977. The zero-order chi connectivity index (χ0) is 6.85. The zero-order valence-corrected chi connectivity index (χ0v) is 7.12. The van der Waals surface area contributed by atoms with Crippen LogP contribution in [-0.4, -0.2) is 10.2 Å². The van der Waals surface area contributed by atoms with E-state index in [2.05, 4.69) is 33.1 Å². The van der Waals surface area contributed by atoms with E-state index in [1.54, 1.807) is 0 Å². The number of aryl methyl sites for hydroxylation is 2. The normalized spacial score (nSPS) is 10.1. The fraction of sp³-hybridized carbons (Fsp3) is 0.500. The first-order chi connectivity index (χ1) is 4.25. The van der Waals surface area contributed by atoms with Gasteiger partial charge in [-0.2, -0.15) is 5.10 Å². The third kappa shape index (κ3) is 1.15. The van der Waals surface area contributed by atoms with Gasteiger partial charge in [0, 0.05) is 5.69 Å². The summed E-state index contributed by atoms with van der Waals surface area (Å²) < 4.78 is 1.12. The zero-order valence-electron chi connectivity index (χ0n) is 5.53. The Morgan fingerprint density at radius 3 is 2.56 bits per heavy atom. The molecule has 0 aromatic carbocycles. The smallest absolute Gasteiger partial charge is 0.0764 e. The van der Waals surface area contributed by atoms with Gasteiger partial charge in [0.15, 0.2) is 0 Å². The van der Waals surface area contributed by atoms with Crippen molar-refractivity contribution in [3.63, 3.8) is 0 Å². The number of rotatable bonds is 1. The van der Waals surface area contributed by atoms with E-state index in [4.69, 9.17) is 0 Å².